The third-order valence-corrected chi connectivity index (χ3v) is 5.92. The average molecular weight is 445 g/mol. The lowest BCUT2D eigenvalue weighted by Crippen LogP contribution is -2.48. The van der Waals surface area contributed by atoms with Gasteiger partial charge in [-0.2, -0.15) is 4.98 Å². The van der Waals surface area contributed by atoms with Crippen molar-refractivity contribution in [1.29, 1.82) is 0 Å². The molecule has 9 nitrogen and oxygen atoms in total. The van der Waals surface area contributed by atoms with Crippen molar-refractivity contribution in [3.05, 3.63) is 76.9 Å². The second-order valence-electron chi connectivity index (χ2n) is 8.09. The average Bonchev–Trinajstić information content (AvgIpc) is 3.37. The van der Waals surface area contributed by atoms with E-state index in [2.05, 4.69) is 15.5 Å². The van der Waals surface area contributed by atoms with E-state index in [1.54, 1.807) is 41.0 Å². The minimum Gasteiger partial charge on any atom is -0.356 e. The summed E-state index contributed by atoms with van der Waals surface area (Å²) in [6.07, 6.45) is 0.695. The minimum absolute atomic E-state index is 0.115. The van der Waals surface area contributed by atoms with Gasteiger partial charge in [-0.1, -0.05) is 35.5 Å². The van der Waals surface area contributed by atoms with Gasteiger partial charge in [0.1, 0.15) is 6.17 Å². The fourth-order valence-corrected chi connectivity index (χ4v) is 4.45. The van der Waals surface area contributed by atoms with E-state index in [-0.39, 0.29) is 24.1 Å². The molecule has 9 heteroatoms. The molecule has 3 aromatic rings. The molecule has 5 rings (SSSR count). The van der Waals surface area contributed by atoms with E-state index < -0.39 is 6.17 Å². The zero-order valence-corrected chi connectivity index (χ0v) is 18.2. The van der Waals surface area contributed by atoms with Crippen LogP contribution in [-0.4, -0.2) is 45.9 Å². The number of rotatable bonds is 7. The zero-order chi connectivity index (χ0) is 22.9. The lowest BCUT2D eigenvalue weighted by atomic mass is 10.0. The van der Waals surface area contributed by atoms with Gasteiger partial charge in [0.2, 0.25) is 11.8 Å². The Kier molecular flexibility index (Phi) is 5.37. The van der Waals surface area contributed by atoms with Crippen LogP contribution in [0.5, 0.6) is 0 Å². The smallest absolute Gasteiger partial charge is 0.260 e. The molecule has 1 N–H and O–H groups in total. The molecule has 2 aliphatic rings. The molecule has 0 saturated heterocycles. The fraction of sp³-hybridized carbons (Fsp3) is 0.292. The predicted octanol–water partition coefficient (Wildman–Crippen LogP) is 2.63. The van der Waals surface area contributed by atoms with E-state index in [4.69, 9.17) is 4.52 Å². The van der Waals surface area contributed by atoms with Crippen LogP contribution >= 0.6 is 0 Å². The second kappa shape index (κ2) is 8.50. The van der Waals surface area contributed by atoms with E-state index in [1.807, 2.05) is 24.3 Å². The Balaban J connectivity index is 1.27. The molecule has 0 saturated carbocycles. The molecular formula is C24H23N5O4. The van der Waals surface area contributed by atoms with E-state index in [0.29, 0.717) is 54.5 Å². The van der Waals surface area contributed by atoms with Crippen LogP contribution in [0, 0.1) is 6.92 Å². The molecule has 2 aromatic carbocycles. The third kappa shape index (κ3) is 3.75. The number of para-hydroxylation sites is 1. The minimum atomic E-state index is -0.500. The Labute approximate surface area is 190 Å². The number of nitrogens with zero attached hydrogens (tertiary/aromatic N) is 4. The number of amides is 3. The van der Waals surface area contributed by atoms with Crippen LogP contribution in [-0.2, 0) is 11.2 Å². The highest BCUT2D eigenvalue weighted by molar-refractivity contribution is 6.16. The van der Waals surface area contributed by atoms with Gasteiger partial charge in [0.15, 0.2) is 5.82 Å². The molecule has 0 bridgehead atoms. The molecule has 1 aromatic heterocycles. The second-order valence-corrected chi connectivity index (χ2v) is 8.09. The van der Waals surface area contributed by atoms with Crippen LogP contribution in [0.1, 0.15) is 57.0 Å². The molecule has 1 atom stereocenters. The summed E-state index contributed by atoms with van der Waals surface area (Å²) in [6.45, 7) is 2.49. The number of anilines is 1. The third-order valence-electron chi connectivity index (χ3n) is 5.92. The van der Waals surface area contributed by atoms with Crippen LogP contribution < -0.4 is 10.2 Å². The highest BCUT2D eigenvalue weighted by atomic mass is 16.5. The number of hydrogen-bond acceptors (Lipinski definition) is 6. The first-order chi connectivity index (χ1) is 16.0. The fourth-order valence-electron chi connectivity index (χ4n) is 4.45. The molecule has 0 radical (unpaired) electrons. The maximum Gasteiger partial charge on any atom is 0.260 e. The number of fused-ring (bicyclic) bond motifs is 5. The van der Waals surface area contributed by atoms with Gasteiger partial charge < -0.3 is 14.7 Å². The Morgan fingerprint density at radius 1 is 1.06 bits per heavy atom. The first-order valence-corrected chi connectivity index (χ1v) is 10.9. The summed E-state index contributed by atoms with van der Waals surface area (Å²) in [5, 5.41) is 6.56. The molecule has 0 aliphatic carbocycles. The van der Waals surface area contributed by atoms with Crippen LogP contribution in [0.4, 0.5) is 5.69 Å². The van der Waals surface area contributed by atoms with Crippen LogP contribution in [0.2, 0.25) is 0 Å². The molecule has 3 heterocycles. The van der Waals surface area contributed by atoms with Crippen molar-refractivity contribution >= 4 is 23.4 Å². The Bertz CT molecular complexity index is 1240. The van der Waals surface area contributed by atoms with Gasteiger partial charge >= 0.3 is 0 Å². The largest absolute Gasteiger partial charge is 0.356 e. The van der Waals surface area contributed by atoms with E-state index in [9.17, 15) is 14.4 Å². The lowest BCUT2D eigenvalue weighted by Gasteiger charge is -2.41. The van der Waals surface area contributed by atoms with Crippen molar-refractivity contribution < 1.29 is 18.9 Å². The molecular weight excluding hydrogens is 422 g/mol. The van der Waals surface area contributed by atoms with E-state index >= 15 is 0 Å². The van der Waals surface area contributed by atoms with E-state index in [1.165, 1.54) is 0 Å². The number of benzene rings is 2. The molecule has 0 fully saturated rings. The van der Waals surface area contributed by atoms with Crippen molar-refractivity contribution in [2.45, 2.75) is 32.4 Å². The number of carbonyl (C=O) groups is 3. The van der Waals surface area contributed by atoms with Crippen LogP contribution in [0.25, 0.3) is 0 Å². The van der Waals surface area contributed by atoms with Gasteiger partial charge in [-0.15, -0.1) is 0 Å². The zero-order valence-electron chi connectivity index (χ0n) is 18.2. The van der Waals surface area contributed by atoms with Gasteiger partial charge in [-0.05, 0) is 31.5 Å². The monoisotopic (exact) mass is 445 g/mol. The summed E-state index contributed by atoms with van der Waals surface area (Å²) in [5.41, 5.74) is 2.53. The number of aromatic nitrogens is 2. The number of carbonyl (C=O) groups excluding carboxylic acids is 3. The van der Waals surface area contributed by atoms with Crippen LogP contribution in [0.15, 0.2) is 53.1 Å². The molecule has 2 aliphatic heterocycles. The van der Waals surface area contributed by atoms with Gasteiger partial charge in [0.05, 0.1) is 11.3 Å². The van der Waals surface area contributed by atoms with Gasteiger partial charge in [-0.25, -0.2) is 0 Å². The van der Waals surface area contributed by atoms with Crippen molar-refractivity contribution in [3.63, 3.8) is 0 Å². The summed E-state index contributed by atoms with van der Waals surface area (Å²) in [6, 6.07) is 14.5. The summed E-state index contributed by atoms with van der Waals surface area (Å²) in [5.74, 6) is 0.675. The van der Waals surface area contributed by atoms with Gasteiger partial charge in [0.25, 0.3) is 11.8 Å². The summed E-state index contributed by atoms with van der Waals surface area (Å²) < 4.78 is 5.04. The standard InChI is InChI=1S/C24H23N5O4/c1-15-26-21(33-27-15)12-13-25-20(30)11-6-14-28-22-16-7-2-3-8-17(16)24(32)29(22)19-10-5-4-9-18(19)23(28)31/h2-5,7-10,22H,6,11-14H2,1H3,(H,25,30). The first kappa shape index (κ1) is 20.9. The maximum absolute atomic E-state index is 13.3. The summed E-state index contributed by atoms with van der Waals surface area (Å²) in [7, 11) is 0. The van der Waals surface area contributed by atoms with Crippen LogP contribution in [0.3, 0.4) is 0 Å². The normalized spacial score (nSPS) is 16.5. The molecule has 168 valence electrons. The summed E-state index contributed by atoms with van der Waals surface area (Å²) >= 11 is 0. The van der Waals surface area contributed by atoms with Crippen molar-refractivity contribution in [2.24, 2.45) is 0 Å². The number of hydrogen-bond donors (Lipinski definition) is 1. The summed E-state index contributed by atoms with van der Waals surface area (Å²) in [4.78, 5) is 46.3. The Morgan fingerprint density at radius 3 is 2.61 bits per heavy atom. The number of aryl methyl sites for hydroxylation is 1. The Morgan fingerprint density at radius 2 is 1.82 bits per heavy atom. The molecule has 33 heavy (non-hydrogen) atoms. The van der Waals surface area contributed by atoms with E-state index in [0.717, 1.165) is 5.56 Å². The predicted molar refractivity (Wildman–Crippen MR) is 118 cm³/mol. The number of nitrogens with one attached hydrogen (secondary N) is 1. The van der Waals surface area contributed by atoms with Gasteiger partial charge in [0, 0.05) is 37.1 Å². The quantitative estimate of drug-likeness (QED) is 0.599. The first-order valence-electron chi connectivity index (χ1n) is 10.9. The van der Waals surface area contributed by atoms with Crippen molar-refractivity contribution in [3.8, 4) is 0 Å². The van der Waals surface area contributed by atoms with Crippen molar-refractivity contribution in [1.82, 2.24) is 20.4 Å². The Hall–Kier alpha value is -4.01. The highest BCUT2D eigenvalue weighted by Gasteiger charge is 2.47. The highest BCUT2D eigenvalue weighted by Crippen LogP contribution is 2.45. The molecule has 3 amide bonds. The van der Waals surface area contributed by atoms with Crippen molar-refractivity contribution in [2.75, 3.05) is 18.0 Å². The van der Waals surface area contributed by atoms with Gasteiger partial charge in [-0.3, -0.25) is 19.3 Å². The molecule has 0 spiro atoms. The molecule has 1 unspecified atom stereocenters. The SMILES string of the molecule is Cc1noc(CCNC(=O)CCCN2C(=O)c3ccccc3N3C(=O)c4ccccc4C23)n1. The lowest BCUT2D eigenvalue weighted by molar-refractivity contribution is -0.121. The topological polar surface area (TPSA) is 109 Å². The maximum atomic E-state index is 13.3.